The van der Waals surface area contributed by atoms with Gasteiger partial charge in [-0.15, -0.1) is 0 Å². The van der Waals surface area contributed by atoms with Crippen molar-refractivity contribution >= 4 is 40.6 Å². The second-order valence-corrected chi connectivity index (χ2v) is 6.82. The fourth-order valence-electron chi connectivity index (χ4n) is 2.48. The fourth-order valence-corrected chi connectivity index (χ4v) is 2.88. The molecule has 152 valence electrons. The van der Waals surface area contributed by atoms with Gasteiger partial charge in [0.1, 0.15) is 5.75 Å². The molecule has 30 heavy (non-hydrogen) atoms. The van der Waals surface area contributed by atoms with E-state index in [1.165, 1.54) is 54.6 Å². The number of hydrogen-bond acceptors (Lipinski definition) is 6. The Labute approximate surface area is 180 Å². The Balaban J connectivity index is 1.65. The number of esters is 1. The standard InChI is InChI=1S/C21H13Cl2NO6/c22-15-4-1-3-14(11-15)21(26)29-12-19(25)13-7-9-16(10-8-13)30-20-17(23)5-2-6-18(20)24(27)28/h1-11H,12H2. The summed E-state index contributed by atoms with van der Waals surface area (Å²) in [5.74, 6) is -0.949. The molecule has 0 N–H and O–H groups in total. The number of rotatable bonds is 7. The van der Waals surface area contributed by atoms with Crippen molar-refractivity contribution in [1.29, 1.82) is 0 Å². The summed E-state index contributed by atoms with van der Waals surface area (Å²) in [6.45, 7) is -0.457. The molecule has 0 saturated heterocycles. The monoisotopic (exact) mass is 445 g/mol. The number of ketones is 1. The highest BCUT2D eigenvalue weighted by atomic mass is 35.5. The molecule has 0 bridgehead atoms. The third-order valence-corrected chi connectivity index (χ3v) is 4.47. The van der Waals surface area contributed by atoms with Crippen molar-refractivity contribution in [3.05, 3.63) is 98.0 Å². The van der Waals surface area contributed by atoms with Crippen molar-refractivity contribution in [2.75, 3.05) is 6.61 Å². The number of nitro groups is 1. The molecule has 0 fully saturated rings. The van der Waals surface area contributed by atoms with Gasteiger partial charge in [0.25, 0.3) is 0 Å². The summed E-state index contributed by atoms with van der Waals surface area (Å²) >= 11 is 11.8. The molecule has 7 nitrogen and oxygen atoms in total. The van der Waals surface area contributed by atoms with Crippen LogP contribution in [0.4, 0.5) is 5.69 Å². The summed E-state index contributed by atoms with van der Waals surface area (Å²) in [4.78, 5) is 34.8. The molecule has 0 unspecified atom stereocenters. The third-order valence-electron chi connectivity index (χ3n) is 3.93. The van der Waals surface area contributed by atoms with E-state index in [0.717, 1.165) is 0 Å². The number of para-hydroxylation sites is 1. The molecule has 0 aromatic heterocycles. The van der Waals surface area contributed by atoms with Gasteiger partial charge in [0.2, 0.25) is 5.75 Å². The van der Waals surface area contributed by atoms with Gasteiger partial charge in [0, 0.05) is 16.7 Å². The van der Waals surface area contributed by atoms with Crippen LogP contribution >= 0.6 is 23.2 Å². The summed E-state index contributed by atoms with van der Waals surface area (Å²) in [6, 6.07) is 16.2. The minimum absolute atomic E-state index is 0.0808. The molecule has 0 aliphatic carbocycles. The van der Waals surface area contributed by atoms with Crippen LogP contribution in [0.5, 0.6) is 11.5 Å². The topological polar surface area (TPSA) is 95.7 Å². The lowest BCUT2D eigenvalue weighted by Crippen LogP contribution is -2.14. The van der Waals surface area contributed by atoms with E-state index in [4.69, 9.17) is 32.7 Å². The summed E-state index contributed by atoms with van der Waals surface area (Å²) in [6.07, 6.45) is 0. The number of benzene rings is 3. The average molecular weight is 446 g/mol. The second-order valence-electron chi connectivity index (χ2n) is 5.98. The van der Waals surface area contributed by atoms with Crippen LogP contribution in [0, 0.1) is 10.1 Å². The average Bonchev–Trinajstić information content (AvgIpc) is 2.73. The lowest BCUT2D eigenvalue weighted by Gasteiger charge is -2.09. The number of nitrogens with zero attached hydrogens (tertiary/aromatic N) is 1. The van der Waals surface area contributed by atoms with E-state index in [2.05, 4.69) is 0 Å². The summed E-state index contributed by atoms with van der Waals surface area (Å²) in [7, 11) is 0. The molecular weight excluding hydrogens is 433 g/mol. The summed E-state index contributed by atoms with van der Waals surface area (Å²) in [5.41, 5.74) is 0.228. The first-order valence-corrected chi connectivity index (χ1v) is 9.27. The van der Waals surface area contributed by atoms with Crippen LogP contribution in [0.1, 0.15) is 20.7 Å². The molecule has 0 aliphatic rings. The second kappa shape index (κ2) is 9.39. The Bertz CT molecular complexity index is 1110. The molecule has 9 heteroatoms. The van der Waals surface area contributed by atoms with Crippen LogP contribution in [-0.2, 0) is 4.74 Å². The van der Waals surface area contributed by atoms with Crippen LogP contribution in [0.3, 0.4) is 0 Å². The molecule has 3 rings (SSSR count). The SMILES string of the molecule is O=C(COC(=O)c1cccc(Cl)c1)c1ccc(Oc2c(Cl)cccc2[N+](=O)[O-])cc1. The third kappa shape index (κ3) is 5.14. The minimum atomic E-state index is -0.670. The van der Waals surface area contributed by atoms with Crippen molar-refractivity contribution in [2.45, 2.75) is 0 Å². The van der Waals surface area contributed by atoms with Crippen molar-refractivity contribution in [3.8, 4) is 11.5 Å². The maximum Gasteiger partial charge on any atom is 0.338 e. The van der Waals surface area contributed by atoms with E-state index in [9.17, 15) is 19.7 Å². The minimum Gasteiger partial charge on any atom is -0.454 e. The van der Waals surface area contributed by atoms with Crippen LogP contribution in [0.25, 0.3) is 0 Å². The Morgan fingerprint density at radius 1 is 0.933 bits per heavy atom. The van der Waals surface area contributed by atoms with E-state index in [0.29, 0.717) is 5.02 Å². The van der Waals surface area contributed by atoms with E-state index in [-0.39, 0.29) is 33.3 Å². The van der Waals surface area contributed by atoms with Gasteiger partial charge in [0.05, 0.1) is 15.5 Å². The summed E-state index contributed by atoms with van der Waals surface area (Å²) < 4.78 is 10.5. The number of Topliss-reactive ketones (excluding diaryl/α,β-unsaturated/α-hetero) is 1. The number of ether oxygens (including phenoxy) is 2. The fraction of sp³-hybridized carbons (Fsp3) is 0.0476. The van der Waals surface area contributed by atoms with Crippen molar-refractivity contribution in [2.24, 2.45) is 0 Å². The number of halogens is 2. The predicted molar refractivity (Wildman–Crippen MR) is 111 cm³/mol. The van der Waals surface area contributed by atoms with Gasteiger partial charge in [0.15, 0.2) is 12.4 Å². The summed E-state index contributed by atoms with van der Waals surface area (Å²) in [5, 5.41) is 11.6. The Morgan fingerprint density at radius 3 is 2.30 bits per heavy atom. The zero-order valence-electron chi connectivity index (χ0n) is 15.2. The molecule has 0 atom stereocenters. The van der Waals surface area contributed by atoms with Gasteiger partial charge >= 0.3 is 11.7 Å². The highest BCUT2D eigenvalue weighted by molar-refractivity contribution is 6.32. The highest BCUT2D eigenvalue weighted by Gasteiger charge is 2.19. The number of hydrogen-bond donors (Lipinski definition) is 0. The largest absolute Gasteiger partial charge is 0.454 e. The molecule has 0 radical (unpaired) electrons. The quantitative estimate of drug-likeness (QED) is 0.199. The van der Waals surface area contributed by atoms with E-state index in [1.54, 1.807) is 12.1 Å². The van der Waals surface area contributed by atoms with Crippen LogP contribution < -0.4 is 4.74 Å². The normalized spacial score (nSPS) is 10.3. The first-order chi connectivity index (χ1) is 14.3. The van der Waals surface area contributed by atoms with Gasteiger partial charge in [-0.1, -0.05) is 35.3 Å². The highest BCUT2D eigenvalue weighted by Crippen LogP contribution is 2.37. The smallest absolute Gasteiger partial charge is 0.338 e. The number of carbonyl (C=O) groups excluding carboxylic acids is 2. The molecule has 0 amide bonds. The Hall–Kier alpha value is -3.42. The Kier molecular flexibility index (Phi) is 6.66. The van der Waals surface area contributed by atoms with E-state index >= 15 is 0 Å². The molecule has 0 aliphatic heterocycles. The maximum atomic E-state index is 12.3. The molecule has 0 heterocycles. The molecule has 3 aromatic carbocycles. The van der Waals surface area contributed by atoms with Crippen LogP contribution in [-0.4, -0.2) is 23.3 Å². The predicted octanol–water partition coefficient (Wildman–Crippen LogP) is 5.73. The first kappa shape index (κ1) is 21.3. The van der Waals surface area contributed by atoms with Crippen molar-refractivity contribution < 1.29 is 24.0 Å². The maximum absolute atomic E-state index is 12.3. The van der Waals surface area contributed by atoms with Crippen LogP contribution in [0.2, 0.25) is 10.0 Å². The molecular formula is C21H13Cl2NO6. The lowest BCUT2D eigenvalue weighted by molar-refractivity contribution is -0.385. The van der Waals surface area contributed by atoms with E-state index < -0.39 is 23.3 Å². The van der Waals surface area contributed by atoms with E-state index in [1.807, 2.05) is 0 Å². The van der Waals surface area contributed by atoms with Gasteiger partial charge < -0.3 is 9.47 Å². The van der Waals surface area contributed by atoms with Gasteiger partial charge in [-0.2, -0.15) is 0 Å². The Morgan fingerprint density at radius 2 is 1.63 bits per heavy atom. The lowest BCUT2D eigenvalue weighted by atomic mass is 10.1. The zero-order chi connectivity index (χ0) is 21.7. The van der Waals surface area contributed by atoms with Crippen LogP contribution in [0.15, 0.2) is 66.7 Å². The number of nitro benzene ring substituents is 1. The zero-order valence-corrected chi connectivity index (χ0v) is 16.7. The van der Waals surface area contributed by atoms with Gasteiger partial charge in [-0.05, 0) is 48.5 Å². The number of carbonyl (C=O) groups is 2. The van der Waals surface area contributed by atoms with Gasteiger partial charge in [-0.3, -0.25) is 14.9 Å². The van der Waals surface area contributed by atoms with Crippen molar-refractivity contribution in [3.63, 3.8) is 0 Å². The van der Waals surface area contributed by atoms with Gasteiger partial charge in [-0.25, -0.2) is 4.79 Å². The molecule has 3 aromatic rings. The molecule has 0 saturated carbocycles. The first-order valence-electron chi connectivity index (χ1n) is 8.52. The van der Waals surface area contributed by atoms with Crippen molar-refractivity contribution in [1.82, 2.24) is 0 Å². The molecule has 0 spiro atoms.